The Labute approximate surface area is 245 Å². The van der Waals surface area contributed by atoms with E-state index in [2.05, 4.69) is 10.1 Å². The maximum absolute atomic E-state index is 13.6. The summed E-state index contributed by atoms with van der Waals surface area (Å²) in [5.41, 5.74) is -0.830. The van der Waals surface area contributed by atoms with Crippen molar-refractivity contribution in [3.63, 3.8) is 0 Å². The molecule has 0 unspecified atom stereocenters. The average molecular weight is 605 g/mol. The topological polar surface area (TPSA) is 112 Å². The van der Waals surface area contributed by atoms with E-state index in [1.165, 1.54) is 31.0 Å². The van der Waals surface area contributed by atoms with Gasteiger partial charge >= 0.3 is 18.0 Å². The quantitative estimate of drug-likeness (QED) is 0.258. The highest BCUT2D eigenvalue weighted by atomic mass is 19.4. The van der Waals surface area contributed by atoms with Gasteiger partial charge in [-0.1, -0.05) is 19.1 Å². The van der Waals surface area contributed by atoms with Gasteiger partial charge < -0.3 is 14.5 Å². The molecule has 0 radical (unpaired) electrons. The standard InChI is InChI=1S/C28H35F3N8O4/c1-6-11-38-25(40)22-24(37(7-2)26(38)41)33-23(39(22)18-43-27(42)35(5)13-12-34(3)4)20-15-32-36(17-20)16-19-9-8-10-21(14-19)28(29,30)31/h8-10,14-15,17H,6-7,11-13,16,18H2,1-5H3. The lowest BCUT2D eigenvalue weighted by molar-refractivity contribution is -0.137. The fourth-order valence-corrected chi connectivity index (χ4v) is 4.61. The summed E-state index contributed by atoms with van der Waals surface area (Å²) < 4.78 is 50.6. The highest BCUT2D eigenvalue weighted by Gasteiger charge is 2.30. The SMILES string of the molecule is CCCn1c(=O)c2c(nc(-c3cnn(Cc4cccc(C(F)(F)F)c4)c3)n2COC(=O)N(C)CCN(C)C)n(CC)c1=O. The van der Waals surface area contributed by atoms with E-state index in [0.717, 1.165) is 16.7 Å². The van der Waals surface area contributed by atoms with Crippen LogP contribution in [0, 0.1) is 0 Å². The Morgan fingerprint density at radius 3 is 2.44 bits per heavy atom. The van der Waals surface area contributed by atoms with Crippen LogP contribution < -0.4 is 11.2 Å². The molecule has 4 aromatic rings. The summed E-state index contributed by atoms with van der Waals surface area (Å²) in [5, 5.41) is 4.29. The van der Waals surface area contributed by atoms with Gasteiger partial charge in [-0.05, 0) is 45.1 Å². The average Bonchev–Trinajstić information content (AvgIpc) is 3.57. The molecular formula is C28H35F3N8O4. The largest absolute Gasteiger partial charge is 0.428 e. The maximum Gasteiger partial charge on any atom is 0.416 e. The van der Waals surface area contributed by atoms with Crippen LogP contribution in [0.15, 0.2) is 46.2 Å². The van der Waals surface area contributed by atoms with Crippen LogP contribution in [0.3, 0.4) is 0 Å². The molecule has 232 valence electrons. The molecule has 3 heterocycles. The van der Waals surface area contributed by atoms with Crippen molar-refractivity contribution in [1.29, 1.82) is 0 Å². The van der Waals surface area contributed by atoms with Crippen LogP contribution in [-0.4, -0.2) is 78.6 Å². The van der Waals surface area contributed by atoms with Crippen molar-refractivity contribution in [1.82, 2.24) is 38.3 Å². The Kier molecular flexibility index (Phi) is 9.43. The summed E-state index contributed by atoms with van der Waals surface area (Å²) in [4.78, 5) is 47.5. The first-order chi connectivity index (χ1) is 20.3. The van der Waals surface area contributed by atoms with Crippen LogP contribution in [0.2, 0.25) is 0 Å². The number of aryl methyl sites for hydroxylation is 1. The third-order valence-electron chi connectivity index (χ3n) is 6.88. The number of carbonyl (C=O) groups excluding carboxylic acids is 1. The number of fused-ring (bicyclic) bond motifs is 1. The minimum Gasteiger partial charge on any atom is -0.428 e. The summed E-state index contributed by atoms with van der Waals surface area (Å²) in [5.74, 6) is 0.210. The number of nitrogens with zero attached hydrogens (tertiary/aromatic N) is 8. The molecule has 0 N–H and O–H groups in total. The van der Waals surface area contributed by atoms with Gasteiger partial charge in [0.25, 0.3) is 5.56 Å². The van der Waals surface area contributed by atoms with Gasteiger partial charge in [0.1, 0.15) is 5.82 Å². The van der Waals surface area contributed by atoms with Gasteiger partial charge in [0, 0.05) is 39.4 Å². The summed E-state index contributed by atoms with van der Waals surface area (Å²) in [6.45, 7) is 4.71. The van der Waals surface area contributed by atoms with Crippen LogP contribution in [0.4, 0.5) is 18.0 Å². The molecule has 1 amide bonds. The molecule has 0 saturated heterocycles. The molecule has 0 bridgehead atoms. The molecule has 15 heteroatoms. The number of halogens is 3. The van der Waals surface area contributed by atoms with Crippen molar-refractivity contribution in [2.75, 3.05) is 34.2 Å². The van der Waals surface area contributed by atoms with Crippen LogP contribution in [0.5, 0.6) is 0 Å². The summed E-state index contributed by atoms with van der Waals surface area (Å²) >= 11 is 0. The molecule has 43 heavy (non-hydrogen) atoms. The zero-order valence-electron chi connectivity index (χ0n) is 24.8. The number of hydrogen-bond acceptors (Lipinski definition) is 7. The molecular weight excluding hydrogens is 569 g/mol. The monoisotopic (exact) mass is 604 g/mol. The highest BCUT2D eigenvalue weighted by molar-refractivity contribution is 5.77. The van der Waals surface area contributed by atoms with E-state index in [1.54, 1.807) is 26.2 Å². The van der Waals surface area contributed by atoms with E-state index >= 15 is 0 Å². The normalized spacial score (nSPS) is 11.9. The first-order valence-electron chi connectivity index (χ1n) is 13.8. The number of amides is 1. The Balaban J connectivity index is 1.77. The zero-order valence-corrected chi connectivity index (χ0v) is 24.8. The fourth-order valence-electron chi connectivity index (χ4n) is 4.61. The predicted octanol–water partition coefficient (Wildman–Crippen LogP) is 3.31. The Hall–Kier alpha value is -4.40. The number of rotatable bonds is 11. The maximum atomic E-state index is 13.6. The second kappa shape index (κ2) is 12.9. The second-order valence-corrected chi connectivity index (χ2v) is 10.4. The number of imidazole rings is 1. The van der Waals surface area contributed by atoms with Crippen LogP contribution in [0.25, 0.3) is 22.6 Å². The first-order valence-corrected chi connectivity index (χ1v) is 13.8. The van der Waals surface area contributed by atoms with E-state index in [0.29, 0.717) is 30.6 Å². The van der Waals surface area contributed by atoms with Crippen LogP contribution in [-0.2, 0) is 37.3 Å². The van der Waals surface area contributed by atoms with Crippen molar-refractivity contribution < 1.29 is 22.7 Å². The third-order valence-corrected chi connectivity index (χ3v) is 6.88. The van der Waals surface area contributed by atoms with E-state index < -0.39 is 29.1 Å². The van der Waals surface area contributed by atoms with Gasteiger partial charge in [0.15, 0.2) is 17.9 Å². The lowest BCUT2D eigenvalue weighted by Gasteiger charge is -2.19. The lowest BCUT2D eigenvalue weighted by atomic mass is 10.1. The van der Waals surface area contributed by atoms with Crippen molar-refractivity contribution in [2.24, 2.45) is 0 Å². The number of alkyl halides is 3. The summed E-state index contributed by atoms with van der Waals surface area (Å²) in [6.07, 6.45) is -1.53. The van der Waals surface area contributed by atoms with Crippen LogP contribution >= 0.6 is 0 Å². The smallest absolute Gasteiger partial charge is 0.416 e. The molecule has 4 rings (SSSR count). The van der Waals surface area contributed by atoms with Crippen LogP contribution in [0.1, 0.15) is 31.4 Å². The molecule has 0 aliphatic carbocycles. The Bertz CT molecular complexity index is 1720. The van der Waals surface area contributed by atoms with Gasteiger partial charge in [-0.15, -0.1) is 0 Å². The van der Waals surface area contributed by atoms with E-state index in [4.69, 9.17) is 4.74 Å². The number of hydrogen-bond donors (Lipinski definition) is 0. The van der Waals surface area contributed by atoms with Crippen molar-refractivity contribution in [3.05, 3.63) is 68.6 Å². The number of aromatic nitrogens is 6. The Morgan fingerprint density at radius 2 is 1.79 bits per heavy atom. The fraction of sp³-hybridized carbons (Fsp3) is 0.464. The van der Waals surface area contributed by atoms with Gasteiger partial charge in [-0.3, -0.25) is 23.2 Å². The minimum atomic E-state index is -4.48. The number of likely N-dealkylation sites (N-methyl/N-ethyl adjacent to an activating group) is 2. The summed E-state index contributed by atoms with van der Waals surface area (Å²) in [6, 6.07) is 4.95. The van der Waals surface area contributed by atoms with Gasteiger partial charge in [0.2, 0.25) is 0 Å². The number of ether oxygens (including phenoxy) is 1. The van der Waals surface area contributed by atoms with E-state index in [1.807, 2.05) is 25.9 Å². The Morgan fingerprint density at radius 1 is 1.05 bits per heavy atom. The highest BCUT2D eigenvalue weighted by Crippen LogP contribution is 2.30. The molecule has 12 nitrogen and oxygen atoms in total. The number of benzene rings is 1. The van der Waals surface area contributed by atoms with Crippen molar-refractivity contribution in [2.45, 2.75) is 52.8 Å². The molecule has 0 atom stereocenters. The molecule has 0 aliphatic heterocycles. The second-order valence-electron chi connectivity index (χ2n) is 10.4. The third kappa shape index (κ3) is 6.82. The molecule has 3 aromatic heterocycles. The van der Waals surface area contributed by atoms with E-state index in [9.17, 15) is 27.6 Å². The predicted molar refractivity (Wildman–Crippen MR) is 154 cm³/mol. The summed E-state index contributed by atoms with van der Waals surface area (Å²) in [7, 11) is 5.36. The lowest BCUT2D eigenvalue weighted by Crippen LogP contribution is -2.40. The van der Waals surface area contributed by atoms with Gasteiger partial charge in [-0.25, -0.2) is 14.6 Å². The molecule has 1 aromatic carbocycles. The minimum absolute atomic E-state index is 0.0405. The van der Waals surface area contributed by atoms with Crippen molar-refractivity contribution in [3.8, 4) is 11.4 Å². The van der Waals surface area contributed by atoms with Gasteiger partial charge in [-0.2, -0.15) is 18.3 Å². The van der Waals surface area contributed by atoms with E-state index in [-0.39, 0.29) is 43.4 Å². The first kappa shape index (κ1) is 31.5. The zero-order chi connectivity index (χ0) is 31.5. The number of carbonyl (C=O) groups is 1. The van der Waals surface area contributed by atoms with Gasteiger partial charge in [0.05, 0.1) is 23.9 Å². The molecule has 0 fully saturated rings. The molecule has 0 saturated carbocycles. The van der Waals surface area contributed by atoms with Crippen molar-refractivity contribution >= 4 is 17.3 Å². The molecule has 0 spiro atoms. The molecule has 0 aliphatic rings.